The Morgan fingerprint density at radius 2 is 2.00 bits per heavy atom. The zero-order valence-electron chi connectivity index (χ0n) is 4.80. The van der Waals surface area contributed by atoms with Crippen LogP contribution in [0.4, 0.5) is 0 Å². The molecule has 8 heavy (non-hydrogen) atoms. The zero-order chi connectivity index (χ0) is 5.61. The van der Waals surface area contributed by atoms with Crippen LogP contribution in [0.2, 0.25) is 0 Å². The lowest BCUT2D eigenvalue weighted by Gasteiger charge is -2.16. The molecule has 2 nitrogen and oxygen atoms in total. The van der Waals surface area contributed by atoms with Crippen molar-refractivity contribution in [2.45, 2.75) is 18.4 Å². The van der Waals surface area contributed by atoms with Crippen LogP contribution < -0.4 is 0 Å². The van der Waals surface area contributed by atoms with E-state index in [1.54, 1.807) is 0 Å². The van der Waals surface area contributed by atoms with E-state index in [9.17, 15) is 5.11 Å². The maximum Gasteiger partial charge on any atom is 0.0842 e. The van der Waals surface area contributed by atoms with E-state index in [1.807, 2.05) is 6.54 Å². The Morgan fingerprint density at radius 3 is 2.12 bits per heavy atom. The Morgan fingerprint density at radius 1 is 1.38 bits per heavy atom. The monoisotopic (exact) mass is 112 g/mol. The van der Waals surface area contributed by atoms with E-state index in [0.29, 0.717) is 0 Å². The molecule has 1 radical (unpaired) electrons. The summed E-state index contributed by atoms with van der Waals surface area (Å²) in [5.74, 6) is 0. The maximum absolute atomic E-state index is 9.44. The van der Waals surface area contributed by atoms with Crippen molar-refractivity contribution >= 4 is 0 Å². The highest BCUT2D eigenvalue weighted by molar-refractivity contribution is 5.05. The fraction of sp³-hybridized carbons (Fsp3) is 0.833. The average Bonchev–Trinajstić information content (AvgIpc) is 2.21. The second-order valence-corrected chi connectivity index (χ2v) is 2.77. The fourth-order valence-corrected chi connectivity index (χ4v) is 1.51. The molecule has 45 valence electrons. The summed E-state index contributed by atoms with van der Waals surface area (Å²) in [5.41, 5.74) is -0.389. The minimum absolute atomic E-state index is 0.389. The molecule has 0 spiro atoms. The van der Waals surface area contributed by atoms with Crippen LogP contribution in [0.25, 0.3) is 0 Å². The van der Waals surface area contributed by atoms with Crippen molar-refractivity contribution in [1.29, 1.82) is 0 Å². The smallest absolute Gasteiger partial charge is 0.0842 e. The van der Waals surface area contributed by atoms with Crippen LogP contribution in [0.15, 0.2) is 0 Å². The molecule has 1 N–H and O–H groups in total. The maximum atomic E-state index is 9.44. The number of aliphatic hydroxyl groups is 1. The topological polar surface area (TPSA) is 23.5 Å². The molecule has 0 unspecified atom stereocenters. The number of nitrogens with zero attached hydrogens (tertiary/aromatic N) is 1. The summed E-state index contributed by atoms with van der Waals surface area (Å²) in [4.78, 5) is 2.19. The van der Waals surface area contributed by atoms with E-state index in [-0.39, 0.29) is 5.60 Å². The molecule has 2 bridgehead atoms. The van der Waals surface area contributed by atoms with Crippen molar-refractivity contribution in [3.8, 4) is 0 Å². The summed E-state index contributed by atoms with van der Waals surface area (Å²) in [7, 11) is 0. The molecule has 2 fully saturated rings. The Kier molecular flexibility index (Phi) is 0.746. The molecular formula is C6H10NO. The minimum atomic E-state index is -0.389. The van der Waals surface area contributed by atoms with Gasteiger partial charge in [-0.05, 0) is 12.8 Å². The molecule has 0 saturated carbocycles. The zero-order valence-corrected chi connectivity index (χ0v) is 4.80. The second kappa shape index (κ2) is 1.25. The third-order valence-corrected chi connectivity index (χ3v) is 2.09. The van der Waals surface area contributed by atoms with Gasteiger partial charge in [0, 0.05) is 13.1 Å². The Bertz CT molecular complexity index is 105. The van der Waals surface area contributed by atoms with Gasteiger partial charge in [0.15, 0.2) is 0 Å². The van der Waals surface area contributed by atoms with Gasteiger partial charge in [-0.3, -0.25) is 4.90 Å². The predicted molar refractivity (Wildman–Crippen MR) is 30.1 cm³/mol. The van der Waals surface area contributed by atoms with E-state index < -0.39 is 0 Å². The lowest BCUT2D eigenvalue weighted by molar-refractivity contribution is 0.0839. The molecule has 2 heterocycles. The van der Waals surface area contributed by atoms with Crippen molar-refractivity contribution < 1.29 is 5.11 Å². The quantitative estimate of drug-likeness (QED) is 0.476. The highest BCUT2D eigenvalue weighted by Gasteiger charge is 2.42. The van der Waals surface area contributed by atoms with Crippen molar-refractivity contribution in [2.75, 3.05) is 13.1 Å². The average molecular weight is 112 g/mol. The van der Waals surface area contributed by atoms with Gasteiger partial charge in [-0.15, -0.1) is 0 Å². The molecule has 2 aliphatic rings. The third-order valence-electron chi connectivity index (χ3n) is 2.09. The van der Waals surface area contributed by atoms with Gasteiger partial charge in [0.25, 0.3) is 0 Å². The second-order valence-electron chi connectivity index (χ2n) is 2.77. The Hall–Kier alpha value is -0.0800. The van der Waals surface area contributed by atoms with Gasteiger partial charge in [-0.2, -0.15) is 0 Å². The van der Waals surface area contributed by atoms with Crippen molar-refractivity contribution in [1.82, 2.24) is 4.90 Å². The number of hydrogen-bond acceptors (Lipinski definition) is 2. The van der Waals surface area contributed by atoms with E-state index in [1.165, 1.54) is 0 Å². The molecule has 0 aromatic rings. The number of piperidine rings is 1. The lowest BCUT2D eigenvalue weighted by Crippen LogP contribution is -2.24. The first-order chi connectivity index (χ1) is 3.79. The van der Waals surface area contributed by atoms with E-state index >= 15 is 0 Å². The normalized spacial score (nSPS) is 52.9. The van der Waals surface area contributed by atoms with Gasteiger partial charge in [-0.25, -0.2) is 0 Å². The highest BCUT2D eigenvalue weighted by atomic mass is 16.3. The summed E-state index contributed by atoms with van der Waals surface area (Å²) in [6.45, 7) is 4.10. The predicted octanol–water partition coefficient (Wildman–Crippen LogP) is -0.0113. The molecule has 0 aromatic carbocycles. The molecule has 0 aliphatic carbocycles. The van der Waals surface area contributed by atoms with Crippen LogP contribution in [0.3, 0.4) is 0 Å². The fourth-order valence-electron chi connectivity index (χ4n) is 1.51. The Balaban J connectivity index is 2.19. The molecule has 0 aromatic heterocycles. The van der Waals surface area contributed by atoms with Crippen LogP contribution >= 0.6 is 0 Å². The number of hydrogen-bond donors (Lipinski definition) is 1. The van der Waals surface area contributed by atoms with Gasteiger partial charge >= 0.3 is 0 Å². The first-order valence-corrected chi connectivity index (χ1v) is 3.11. The van der Waals surface area contributed by atoms with E-state index in [0.717, 1.165) is 25.9 Å². The van der Waals surface area contributed by atoms with Crippen LogP contribution in [0.5, 0.6) is 0 Å². The van der Waals surface area contributed by atoms with Crippen LogP contribution in [-0.4, -0.2) is 28.7 Å². The van der Waals surface area contributed by atoms with Gasteiger partial charge in [0.1, 0.15) is 0 Å². The molecule has 0 amide bonds. The SMILES string of the molecule is OC12[CH]N(CC1)CC2. The minimum Gasteiger partial charge on any atom is -0.388 e. The summed E-state index contributed by atoms with van der Waals surface area (Å²) >= 11 is 0. The van der Waals surface area contributed by atoms with Crippen LogP contribution in [-0.2, 0) is 0 Å². The third kappa shape index (κ3) is 0.501. The summed E-state index contributed by atoms with van der Waals surface area (Å²) in [6, 6.07) is 0. The lowest BCUT2D eigenvalue weighted by atomic mass is 10.0. The first kappa shape index (κ1) is 4.77. The largest absolute Gasteiger partial charge is 0.388 e. The van der Waals surface area contributed by atoms with Crippen molar-refractivity contribution in [2.24, 2.45) is 0 Å². The van der Waals surface area contributed by atoms with Gasteiger partial charge in [-0.1, -0.05) is 0 Å². The summed E-state index contributed by atoms with van der Waals surface area (Å²) in [5, 5.41) is 9.44. The number of rotatable bonds is 0. The molecule has 2 rings (SSSR count). The van der Waals surface area contributed by atoms with Gasteiger partial charge in [0.05, 0.1) is 12.1 Å². The van der Waals surface area contributed by atoms with Gasteiger partial charge < -0.3 is 5.11 Å². The first-order valence-electron chi connectivity index (χ1n) is 3.11. The Labute approximate surface area is 49.1 Å². The van der Waals surface area contributed by atoms with E-state index in [2.05, 4.69) is 4.90 Å². The standard InChI is InChI=1S/C6H10NO/c8-6-1-3-7(5-6)4-2-6/h5,8H,1-4H2. The highest BCUT2D eigenvalue weighted by Crippen LogP contribution is 2.34. The molecule has 0 atom stereocenters. The molecule has 2 saturated heterocycles. The van der Waals surface area contributed by atoms with Crippen molar-refractivity contribution in [3.05, 3.63) is 6.54 Å². The molecule has 2 aliphatic heterocycles. The summed E-state index contributed by atoms with van der Waals surface area (Å²) in [6.07, 6.45) is 1.90. The molecule has 2 heteroatoms. The van der Waals surface area contributed by atoms with E-state index in [4.69, 9.17) is 0 Å². The van der Waals surface area contributed by atoms with Crippen LogP contribution in [0, 0.1) is 6.54 Å². The van der Waals surface area contributed by atoms with Gasteiger partial charge in [0.2, 0.25) is 0 Å². The van der Waals surface area contributed by atoms with Crippen molar-refractivity contribution in [3.63, 3.8) is 0 Å². The van der Waals surface area contributed by atoms with Crippen LogP contribution in [0.1, 0.15) is 12.8 Å². The number of fused-ring (bicyclic) bond motifs is 2. The summed E-state index contributed by atoms with van der Waals surface area (Å²) < 4.78 is 0. The molecular weight excluding hydrogens is 102 g/mol.